The van der Waals surface area contributed by atoms with Gasteiger partial charge in [-0.2, -0.15) is 0 Å². The van der Waals surface area contributed by atoms with Crippen molar-refractivity contribution in [3.63, 3.8) is 0 Å². The van der Waals surface area contributed by atoms with Crippen LogP contribution in [0, 0.1) is 5.41 Å². The number of nitrogens with zero attached hydrogens (tertiary/aromatic N) is 1. The number of methoxy groups -OCH3 is 2. The van der Waals surface area contributed by atoms with Gasteiger partial charge in [-0.3, -0.25) is 14.4 Å². The summed E-state index contributed by atoms with van der Waals surface area (Å²) in [6, 6.07) is 11.6. The summed E-state index contributed by atoms with van der Waals surface area (Å²) < 4.78 is 10.6. The molecule has 0 aliphatic carbocycles. The minimum atomic E-state index is -0.942. The molecular weight excluding hydrogens is 438 g/mol. The van der Waals surface area contributed by atoms with E-state index in [4.69, 9.17) is 26.0 Å². The lowest BCUT2D eigenvalue weighted by atomic mass is 9.88. The number of carbonyl (C=O) groups is 3. The first-order chi connectivity index (χ1) is 15.9. The number of fused-ring (bicyclic) bond motifs is 1. The van der Waals surface area contributed by atoms with E-state index < -0.39 is 24.0 Å². The van der Waals surface area contributed by atoms with Crippen LogP contribution in [0.4, 0.5) is 0 Å². The SMILES string of the molecule is CC(C)(C)C(N)C(=O)O.COc1ccc(C(CC(N)=O)N2Cc3ccccc3C2=O)cc1OC. The fourth-order valence-corrected chi connectivity index (χ4v) is 3.56. The van der Waals surface area contributed by atoms with Crippen LogP contribution in [-0.2, 0) is 16.1 Å². The van der Waals surface area contributed by atoms with E-state index >= 15 is 0 Å². The fourth-order valence-electron chi connectivity index (χ4n) is 3.56. The molecule has 0 saturated carbocycles. The number of aliphatic carboxylic acids is 1. The summed E-state index contributed by atoms with van der Waals surface area (Å²) in [5.41, 5.74) is 12.8. The van der Waals surface area contributed by atoms with E-state index in [2.05, 4.69) is 0 Å². The Morgan fingerprint density at radius 3 is 2.18 bits per heavy atom. The summed E-state index contributed by atoms with van der Waals surface area (Å²) in [6.07, 6.45) is 0.0369. The normalized spacial score (nSPS) is 14.4. The molecule has 1 aliphatic heterocycles. The number of primary amides is 1. The third-order valence-corrected chi connectivity index (χ3v) is 5.61. The minimum absolute atomic E-state index is 0.0369. The van der Waals surface area contributed by atoms with Crippen LogP contribution in [-0.4, -0.2) is 48.1 Å². The van der Waals surface area contributed by atoms with Gasteiger partial charge in [0.1, 0.15) is 6.04 Å². The predicted octanol–water partition coefficient (Wildman–Crippen LogP) is 2.72. The number of carboxylic acids is 1. The highest BCUT2D eigenvalue weighted by Crippen LogP contribution is 2.37. The van der Waals surface area contributed by atoms with Crippen molar-refractivity contribution in [2.75, 3.05) is 14.2 Å². The van der Waals surface area contributed by atoms with Crippen molar-refractivity contribution in [3.8, 4) is 11.5 Å². The predicted molar refractivity (Wildman–Crippen MR) is 127 cm³/mol. The molecule has 9 nitrogen and oxygen atoms in total. The van der Waals surface area contributed by atoms with Crippen LogP contribution in [0.1, 0.15) is 54.7 Å². The third-order valence-electron chi connectivity index (χ3n) is 5.61. The first-order valence-corrected chi connectivity index (χ1v) is 10.8. The van der Waals surface area contributed by atoms with Crippen LogP contribution in [0.3, 0.4) is 0 Å². The summed E-state index contributed by atoms with van der Waals surface area (Å²) in [4.78, 5) is 36.3. The Balaban J connectivity index is 0.000000387. The zero-order valence-electron chi connectivity index (χ0n) is 20.2. The standard InChI is InChI=1S/C19H20N2O4.C6H13NO2/c1-24-16-8-7-12(9-17(16)25-2)15(10-18(20)22)21-11-13-5-3-4-6-14(13)19(21)23;1-6(2,3)4(7)5(8)9/h3-9,15H,10-11H2,1-2H3,(H2,20,22);4H,7H2,1-3H3,(H,8,9). The van der Waals surface area contributed by atoms with Crippen molar-refractivity contribution in [2.45, 2.75) is 45.8 Å². The maximum absolute atomic E-state index is 12.8. The lowest BCUT2D eigenvalue weighted by Crippen LogP contribution is -2.41. The van der Waals surface area contributed by atoms with E-state index in [-0.39, 0.29) is 17.7 Å². The van der Waals surface area contributed by atoms with Crippen LogP contribution in [0.25, 0.3) is 0 Å². The molecule has 184 valence electrons. The van der Waals surface area contributed by atoms with Gasteiger partial charge in [0.05, 0.1) is 26.7 Å². The Bertz CT molecular complexity index is 1050. The van der Waals surface area contributed by atoms with Gasteiger partial charge >= 0.3 is 5.97 Å². The van der Waals surface area contributed by atoms with Crippen LogP contribution >= 0.6 is 0 Å². The van der Waals surface area contributed by atoms with E-state index in [0.29, 0.717) is 23.6 Å². The van der Waals surface area contributed by atoms with Crippen LogP contribution in [0.5, 0.6) is 11.5 Å². The minimum Gasteiger partial charge on any atom is -0.493 e. The molecular formula is C25H33N3O6. The van der Waals surface area contributed by atoms with Crippen molar-refractivity contribution in [1.29, 1.82) is 0 Å². The van der Waals surface area contributed by atoms with E-state index in [1.165, 1.54) is 0 Å². The first kappa shape index (κ1) is 26.7. The second-order valence-corrected chi connectivity index (χ2v) is 9.07. The van der Waals surface area contributed by atoms with Crippen LogP contribution in [0.15, 0.2) is 42.5 Å². The van der Waals surface area contributed by atoms with Gasteiger partial charge in [-0.25, -0.2) is 0 Å². The summed E-state index contributed by atoms with van der Waals surface area (Å²) in [7, 11) is 3.10. The molecule has 2 aromatic rings. The lowest BCUT2D eigenvalue weighted by Gasteiger charge is -2.28. The Kier molecular flexibility index (Phi) is 8.64. The zero-order chi connectivity index (χ0) is 25.6. The molecule has 5 N–H and O–H groups in total. The van der Waals surface area contributed by atoms with E-state index in [1.807, 2.05) is 24.3 Å². The van der Waals surface area contributed by atoms with Crippen molar-refractivity contribution >= 4 is 17.8 Å². The monoisotopic (exact) mass is 471 g/mol. The molecule has 34 heavy (non-hydrogen) atoms. The first-order valence-electron chi connectivity index (χ1n) is 10.8. The molecule has 2 aromatic carbocycles. The molecule has 1 aliphatic rings. The molecule has 0 aromatic heterocycles. The average molecular weight is 472 g/mol. The molecule has 0 bridgehead atoms. The molecule has 0 fully saturated rings. The molecule has 3 rings (SSSR count). The number of hydrogen-bond donors (Lipinski definition) is 3. The molecule has 0 radical (unpaired) electrons. The Hall–Kier alpha value is -3.59. The number of nitrogens with two attached hydrogens (primary N) is 2. The molecule has 9 heteroatoms. The van der Waals surface area contributed by atoms with Gasteiger partial charge in [0.25, 0.3) is 5.91 Å². The summed E-state index contributed by atoms with van der Waals surface area (Å²) >= 11 is 0. The Morgan fingerprint density at radius 1 is 1.09 bits per heavy atom. The fraction of sp³-hybridized carbons (Fsp3) is 0.400. The highest BCUT2D eigenvalue weighted by molar-refractivity contribution is 5.98. The van der Waals surface area contributed by atoms with Gasteiger partial charge in [-0.15, -0.1) is 0 Å². The quantitative estimate of drug-likeness (QED) is 0.563. The number of ether oxygens (including phenoxy) is 2. The third kappa shape index (κ3) is 6.26. The molecule has 2 amide bonds. The number of benzene rings is 2. The maximum atomic E-state index is 12.8. The topological polar surface area (TPSA) is 145 Å². The van der Waals surface area contributed by atoms with E-state index in [9.17, 15) is 14.4 Å². The van der Waals surface area contributed by atoms with Crippen molar-refractivity contribution in [2.24, 2.45) is 16.9 Å². The lowest BCUT2D eigenvalue weighted by molar-refractivity contribution is -0.141. The van der Waals surface area contributed by atoms with Crippen molar-refractivity contribution in [1.82, 2.24) is 4.90 Å². The smallest absolute Gasteiger partial charge is 0.321 e. The number of carbonyl (C=O) groups excluding carboxylic acids is 2. The van der Waals surface area contributed by atoms with Crippen LogP contribution < -0.4 is 20.9 Å². The van der Waals surface area contributed by atoms with Gasteiger partial charge in [0, 0.05) is 12.1 Å². The summed E-state index contributed by atoms with van der Waals surface area (Å²) in [6.45, 7) is 5.84. The number of rotatable bonds is 7. The summed E-state index contributed by atoms with van der Waals surface area (Å²) in [5.74, 6) is -0.388. The second kappa shape index (κ2) is 11.0. The highest BCUT2D eigenvalue weighted by Gasteiger charge is 2.34. The van der Waals surface area contributed by atoms with Gasteiger partial charge in [-0.05, 0) is 34.7 Å². The van der Waals surface area contributed by atoms with Crippen molar-refractivity contribution in [3.05, 3.63) is 59.2 Å². The number of hydrogen-bond acceptors (Lipinski definition) is 6. The van der Waals surface area contributed by atoms with Crippen molar-refractivity contribution < 1.29 is 29.0 Å². The van der Waals surface area contributed by atoms with E-state index in [1.54, 1.807) is 58.1 Å². The highest BCUT2D eigenvalue weighted by atomic mass is 16.5. The molecule has 1 heterocycles. The molecule has 0 saturated heterocycles. The second-order valence-electron chi connectivity index (χ2n) is 9.07. The maximum Gasteiger partial charge on any atom is 0.321 e. The Morgan fingerprint density at radius 2 is 1.71 bits per heavy atom. The molecule has 0 spiro atoms. The summed E-state index contributed by atoms with van der Waals surface area (Å²) in [5, 5.41) is 8.39. The Labute approximate surface area is 199 Å². The number of carboxylic acid groups (broad SMARTS) is 1. The average Bonchev–Trinajstić information content (AvgIpc) is 3.12. The molecule has 2 atom stereocenters. The van der Waals surface area contributed by atoms with Crippen LogP contribution in [0.2, 0.25) is 0 Å². The largest absolute Gasteiger partial charge is 0.493 e. The molecule has 2 unspecified atom stereocenters. The van der Waals surface area contributed by atoms with Gasteiger partial charge in [0.15, 0.2) is 11.5 Å². The van der Waals surface area contributed by atoms with E-state index in [0.717, 1.165) is 11.1 Å². The number of amides is 2. The van der Waals surface area contributed by atoms with Gasteiger partial charge in [-0.1, -0.05) is 45.0 Å². The van der Waals surface area contributed by atoms with Gasteiger partial charge < -0.3 is 30.9 Å². The van der Waals surface area contributed by atoms with Gasteiger partial charge in [0.2, 0.25) is 5.91 Å². The zero-order valence-corrected chi connectivity index (χ0v) is 20.2.